The van der Waals surface area contributed by atoms with Crippen LogP contribution in [0.25, 0.3) is 0 Å². The summed E-state index contributed by atoms with van der Waals surface area (Å²) in [6.07, 6.45) is 1.09. The quantitative estimate of drug-likeness (QED) is 0.605. The van der Waals surface area contributed by atoms with Gasteiger partial charge in [-0.2, -0.15) is 0 Å². The highest BCUT2D eigenvalue weighted by Gasteiger charge is 2.26. The lowest BCUT2D eigenvalue weighted by atomic mass is 10.1. The van der Waals surface area contributed by atoms with Crippen molar-refractivity contribution in [3.8, 4) is 0 Å². The molecule has 28 heavy (non-hydrogen) atoms. The first kappa shape index (κ1) is 22.0. The van der Waals surface area contributed by atoms with Crippen LogP contribution in [0, 0.1) is 5.82 Å². The number of hydrogen-bond acceptors (Lipinski definition) is 3. The highest BCUT2D eigenvalue weighted by atomic mass is 32.2. The van der Waals surface area contributed by atoms with E-state index >= 15 is 0 Å². The van der Waals surface area contributed by atoms with Gasteiger partial charge in [-0.05, 0) is 31.5 Å². The third-order valence-corrected chi connectivity index (χ3v) is 5.36. The van der Waals surface area contributed by atoms with Gasteiger partial charge in [-0.25, -0.2) is 4.39 Å². The molecule has 0 aliphatic heterocycles. The van der Waals surface area contributed by atoms with Crippen molar-refractivity contribution >= 4 is 23.6 Å². The van der Waals surface area contributed by atoms with Crippen molar-refractivity contribution in [2.75, 3.05) is 12.3 Å². The summed E-state index contributed by atoms with van der Waals surface area (Å²) in [7, 11) is 0. The molecule has 0 saturated carbocycles. The van der Waals surface area contributed by atoms with Gasteiger partial charge in [0.1, 0.15) is 11.9 Å². The number of nitrogens with one attached hydrogen (secondary N) is 1. The van der Waals surface area contributed by atoms with Crippen LogP contribution in [0.3, 0.4) is 0 Å². The largest absolute Gasteiger partial charge is 0.354 e. The van der Waals surface area contributed by atoms with E-state index in [9.17, 15) is 14.0 Å². The van der Waals surface area contributed by atoms with Gasteiger partial charge < -0.3 is 10.2 Å². The fourth-order valence-electron chi connectivity index (χ4n) is 2.71. The maximum absolute atomic E-state index is 14.1. The van der Waals surface area contributed by atoms with E-state index < -0.39 is 6.04 Å². The van der Waals surface area contributed by atoms with Crippen LogP contribution < -0.4 is 5.32 Å². The van der Waals surface area contributed by atoms with Crippen molar-refractivity contribution < 1.29 is 14.0 Å². The number of carbonyl (C=O) groups excluding carboxylic acids is 2. The van der Waals surface area contributed by atoms with E-state index in [0.29, 0.717) is 17.9 Å². The minimum Gasteiger partial charge on any atom is -0.354 e. The third kappa shape index (κ3) is 6.68. The van der Waals surface area contributed by atoms with Crippen LogP contribution in [-0.2, 0) is 16.1 Å². The van der Waals surface area contributed by atoms with E-state index in [1.54, 1.807) is 36.9 Å². The summed E-state index contributed by atoms with van der Waals surface area (Å²) in [6.45, 7) is 4.28. The van der Waals surface area contributed by atoms with Crippen LogP contribution in [0.1, 0.15) is 32.3 Å². The summed E-state index contributed by atoms with van der Waals surface area (Å²) < 4.78 is 14.1. The van der Waals surface area contributed by atoms with Gasteiger partial charge in [0, 0.05) is 35.7 Å². The first-order chi connectivity index (χ1) is 13.5. The average Bonchev–Trinajstić information content (AvgIpc) is 2.71. The molecule has 0 bridgehead atoms. The van der Waals surface area contributed by atoms with Gasteiger partial charge in [0.25, 0.3) is 0 Å². The first-order valence-corrected chi connectivity index (χ1v) is 10.5. The number of carbonyl (C=O) groups is 2. The monoisotopic (exact) mass is 402 g/mol. The Kier molecular flexibility index (Phi) is 9.01. The normalized spacial score (nSPS) is 11.7. The molecule has 6 heteroatoms. The van der Waals surface area contributed by atoms with Gasteiger partial charge in [0.05, 0.1) is 0 Å². The summed E-state index contributed by atoms with van der Waals surface area (Å²) in [5.74, 6) is -0.159. The Labute approximate surface area is 170 Å². The van der Waals surface area contributed by atoms with Gasteiger partial charge >= 0.3 is 0 Å². The zero-order valence-electron chi connectivity index (χ0n) is 16.4. The van der Waals surface area contributed by atoms with Crippen molar-refractivity contribution in [1.82, 2.24) is 10.2 Å². The van der Waals surface area contributed by atoms with Crippen LogP contribution in [-0.4, -0.2) is 35.1 Å². The second-order valence-electron chi connectivity index (χ2n) is 6.49. The highest BCUT2D eigenvalue weighted by Crippen LogP contribution is 2.20. The van der Waals surface area contributed by atoms with Crippen LogP contribution in [0.4, 0.5) is 4.39 Å². The summed E-state index contributed by atoms with van der Waals surface area (Å²) in [6, 6.07) is 15.5. The molecule has 0 radical (unpaired) electrons. The van der Waals surface area contributed by atoms with E-state index in [4.69, 9.17) is 0 Å². The molecule has 0 spiro atoms. The van der Waals surface area contributed by atoms with Crippen LogP contribution in [0.15, 0.2) is 59.5 Å². The smallest absolute Gasteiger partial charge is 0.242 e. The lowest BCUT2D eigenvalue weighted by Crippen LogP contribution is -2.48. The van der Waals surface area contributed by atoms with Gasteiger partial charge in [0.2, 0.25) is 11.8 Å². The number of halogens is 1. The minimum atomic E-state index is -0.666. The predicted molar refractivity (Wildman–Crippen MR) is 111 cm³/mol. The average molecular weight is 403 g/mol. The molecule has 1 N–H and O–H groups in total. The SMILES string of the molecule is CCCNC(=O)C(C)N(Cc1ccccc1F)C(=O)CCSc1ccccc1. The highest BCUT2D eigenvalue weighted by molar-refractivity contribution is 7.99. The maximum atomic E-state index is 14.1. The van der Waals surface area contributed by atoms with Gasteiger partial charge in [-0.15, -0.1) is 11.8 Å². The van der Waals surface area contributed by atoms with E-state index in [2.05, 4.69) is 5.32 Å². The molecule has 2 amide bonds. The molecule has 4 nitrogen and oxygen atoms in total. The molecule has 1 unspecified atom stereocenters. The second-order valence-corrected chi connectivity index (χ2v) is 7.66. The fraction of sp³-hybridized carbons (Fsp3) is 0.364. The number of amides is 2. The molecule has 0 aliphatic rings. The second kappa shape index (κ2) is 11.5. The molecule has 1 atom stereocenters. The van der Waals surface area contributed by atoms with Crippen molar-refractivity contribution in [2.45, 2.75) is 44.2 Å². The van der Waals surface area contributed by atoms with Gasteiger partial charge in [-0.1, -0.05) is 43.3 Å². The summed E-state index contributed by atoms with van der Waals surface area (Å²) in [5.41, 5.74) is 0.404. The zero-order chi connectivity index (χ0) is 20.4. The minimum absolute atomic E-state index is 0.0716. The number of thioether (sulfide) groups is 1. The van der Waals surface area contributed by atoms with E-state index in [-0.39, 0.29) is 30.6 Å². The molecule has 0 aliphatic carbocycles. The van der Waals surface area contributed by atoms with E-state index in [1.165, 1.54) is 11.0 Å². The molecule has 2 aromatic carbocycles. The Hall–Kier alpha value is -2.34. The third-order valence-electron chi connectivity index (χ3n) is 4.34. The predicted octanol–water partition coefficient (Wildman–Crippen LogP) is 4.25. The molecule has 0 saturated heterocycles. The Morgan fingerprint density at radius 2 is 1.79 bits per heavy atom. The molecule has 0 fully saturated rings. The fourth-order valence-corrected chi connectivity index (χ4v) is 3.57. The van der Waals surface area contributed by atoms with Gasteiger partial charge in [-0.3, -0.25) is 9.59 Å². The molecule has 0 heterocycles. The Balaban J connectivity index is 2.06. The van der Waals surface area contributed by atoms with Crippen LogP contribution in [0.5, 0.6) is 0 Å². The van der Waals surface area contributed by atoms with Crippen molar-refractivity contribution in [3.63, 3.8) is 0 Å². The lowest BCUT2D eigenvalue weighted by Gasteiger charge is -2.29. The van der Waals surface area contributed by atoms with Gasteiger partial charge in [0.15, 0.2) is 0 Å². The number of rotatable bonds is 10. The number of nitrogens with zero attached hydrogens (tertiary/aromatic N) is 1. The Bertz CT molecular complexity index is 770. The molecule has 0 aromatic heterocycles. The zero-order valence-corrected chi connectivity index (χ0v) is 17.2. The van der Waals surface area contributed by atoms with Crippen molar-refractivity contribution in [1.29, 1.82) is 0 Å². The number of hydrogen-bond donors (Lipinski definition) is 1. The van der Waals surface area contributed by atoms with Crippen molar-refractivity contribution in [3.05, 3.63) is 66.0 Å². The number of benzene rings is 2. The summed E-state index contributed by atoms with van der Waals surface area (Å²) in [5, 5.41) is 2.82. The molecular weight excluding hydrogens is 375 g/mol. The van der Waals surface area contributed by atoms with Crippen LogP contribution in [0.2, 0.25) is 0 Å². The Morgan fingerprint density at radius 3 is 2.46 bits per heavy atom. The lowest BCUT2D eigenvalue weighted by molar-refractivity contribution is -0.140. The first-order valence-electron chi connectivity index (χ1n) is 9.51. The molecule has 150 valence electrons. The molecule has 2 aromatic rings. The van der Waals surface area contributed by atoms with E-state index in [1.807, 2.05) is 37.3 Å². The maximum Gasteiger partial charge on any atom is 0.242 e. The topological polar surface area (TPSA) is 49.4 Å². The molecular formula is C22H27FN2O2S. The standard InChI is InChI=1S/C22H27FN2O2S/c1-3-14-24-22(27)17(2)25(16-18-9-7-8-12-20(18)23)21(26)13-15-28-19-10-5-4-6-11-19/h4-12,17H,3,13-16H2,1-2H3,(H,24,27). The summed E-state index contributed by atoms with van der Waals surface area (Å²) >= 11 is 1.59. The molecule has 2 rings (SSSR count). The van der Waals surface area contributed by atoms with Crippen molar-refractivity contribution in [2.24, 2.45) is 0 Å². The Morgan fingerprint density at radius 1 is 1.11 bits per heavy atom. The van der Waals surface area contributed by atoms with Crippen LogP contribution >= 0.6 is 11.8 Å². The van der Waals surface area contributed by atoms with E-state index in [0.717, 1.165) is 11.3 Å². The summed E-state index contributed by atoms with van der Waals surface area (Å²) in [4.78, 5) is 27.8.